The molecular weight excluding hydrogens is 162 g/mol. The monoisotopic (exact) mass is 170 g/mol. The van der Waals surface area contributed by atoms with Crippen molar-refractivity contribution in [3.8, 4) is 0 Å². The molecular formula is C9H8F2O. The van der Waals surface area contributed by atoms with Gasteiger partial charge in [0, 0.05) is 11.5 Å². The largest absolute Gasteiger partial charge is 0.303 e. The lowest BCUT2D eigenvalue weighted by atomic mass is 10.0. The summed E-state index contributed by atoms with van der Waals surface area (Å²) in [7, 11) is 0. The topological polar surface area (TPSA) is 17.1 Å². The summed E-state index contributed by atoms with van der Waals surface area (Å²) in [5.41, 5.74) is -0.160. The molecule has 1 rings (SSSR count). The van der Waals surface area contributed by atoms with E-state index < -0.39 is 17.6 Å². The molecule has 0 radical (unpaired) electrons. The minimum atomic E-state index is -0.730. The fourth-order valence-electron chi connectivity index (χ4n) is 1.01. The van der Waals surface area contributed by atoms with E-state index in [1.807, 2.05) is 0 Å². The highest BCUT2D eigenvalue weighted by molar-refractivity contribution is 5.61. The van der Waals surface area contributed by atoms with Gasteiger partial charge in [-0.15, -0.1) is 0 Å². The number of aldehydes is 1. The molecule has 0 heterocycles. The molecule has 0 aromatic heterocycles. The van der Waals surface area contributed by atoms with E-state index in [9.17, 15) is 13.6 Å². The number of benzene rings is 1. The van der Waals surface area contributed by atoms with Crippen LogP contribution in [0.5, 0.6) is 0 Å². The molecule has 0 unspecified atom stereocenters. The van der Waals surface area contributed by atoms with Crippen molar-refractivity contribution in [3.63, 3.8) is 0 Å². The molecule has 0 fully saturated rings. The van der Waals surface area contributed by atoms with E-state index in [0.717, 1.165) is 12.1 Å². The summed E-state index contributed by atoms with van der Waals surface area (Å²) < 4.78 is 25.8. The van der Waals surface area contributed by atoms with Crippen molar-refractivity contribution in [2.24, 2.45) is 0 Å². The summed E-state index contributed by atoms with van der Waals surface area (Å²) in [5.74, 6) is -2.07. The SMILES string of the molecule is C[C@@H](C=O)c1c(F)cccc1F. The zero-order valence-electron chi connectivity index (χ0n) is 6.55. The second kappa shape index (κ2) is 3.43. The molecule has 1 aromatic carbocycles. The Balaban J connectivity index is 3.20. The van der Waals surface area contributed by atoms with Crippen LogP contribution >= 0.6 is 0 Å². The third-order valence-corrected chi connectivity index (χ3v) is 1.66. The quantitative estimate of drug-likeness (QED) is 0.622. The van der Waals surface area contributed by atoms with Crippen LogP contribution in [0.3, 0.4) is 0 Å². The molecule has 3 heteroatoms. The smallest absolute Gasteiger partial charge is 0.130 e. The molecule has 1 aromatic rings. The predicted molar refractivity (Wildman–Crippen MR) is 40.8 cm³/mol. The van der Waals surface area contributed by atoms with Crippen LogP contribution in [-0.4, -0.2) is 6.29 Å². The Morgan fingerprint density at radius 1 is 1.33 bits per heavy atom. The molecule has 0 bridgehead atoms. The molecule has 12 heavy (non-hydrogen) atoms. The van der Waals surface area contributed by atoms with E-state index >= 15 is 0 Å². The molecule has 1 nitrogen and oxygen atoms in total. The van der Waals surface area contributed by atoms with Gasteiger partial charge in [-0.2, -0.15) is 0 Å². The Kier molecular flexibility index (Phi) is 2.53. The van der Waals surface area contributed by atoms with Crippen LogP contribution in [0.15, 0.2) is 18.2 Å². The number of halogens is 2. The van der Waals surface area contributed by atoms with Crippen LogP contribution in [-0.2, 0) is 4.79 Å². The maximum atomic E-state index is 12.9. The molecule has 0 saturated carbocycles. The average molecular weight is 170 g/mol. The first-order chi connectivity index (χ1) is 5.66. The van der Waals surface area contributed by atoms with Gasteiger partial charge < -0.3 is 4.79 Å². The van der Waals surface area contributed by atoms with Crippen LogP contribution in [0.25, 0.3) is 0 Å². The van der Waals surface area contributed by atoms with Crippen molar-refractivity contribution in [1.82, 2.24) is 0 Å². The summed E-state index contributed by atoms with van der Waals surface area (Å²) in [6, 6.07) is 3.54. The first-order valence-corrected chi connectivity index (χ1v) is 3.56. The molecule has 0 aliphatic carbocycles. The number of hydrogen-bond donors (Lipinski definition) is 0. The van der Waals surface area contributed by atoms with Gasteiger partial charge >= 0.3 is 0 Å². The van der Waals surface area contributed by atoms with E-state index in [1.165, 1.54) is 13.0 Å². The second-order valence-electron chi connectivity index (χ2n) is 2.56. The van der Waals surface area contributed by atoms with Gasteiger partial charge in [0.25, 0.3) is 0 Å². The lowest BCUT2D eigenvalue weighted by Crippen LogP contribution is -2.01. The number of rotatable bonds is 2. The van der Waals surface area contributed by atoms with Crippen LogP contribution in [0.4, 0.5) is 8.78 Å². The van der Waals surface area contributed by atoms with Crippen molar-refractivity contribution >= 4 is 6.29 Å². The van der Waals surface area contributed by atoms with E-state index in [-0.39, 0.29) is 5.56 Å². The highest BCUT2D eigenvalue weighted by atomic mass is 19.1. The maximum Gasteiger partial charge on any atom is 0.130 e. The maximum absolute atomic E-state index is 12.9. The lowest BCUT2D eigenvalue weighted by Gasteiger charge is -2.05. The van der Waals surface area contributed by atoms with Gasteiger partial charge in [0.05, 0.1) is 0 Å². The first-order valence-electron chi connectivity index (χ1n) is 3.56. The van der Waals surface area contributed by atoms with Crippen LogP contribution in [0.1, 0.15) is 18.4 Å². The van der Waals surface area contributed by atoms with Crippen molar-refractivity contribution in [1.29, 1.82) is 0 Å². The van der Waals surface area contributed by atoms with Crippen molar-refractivity contribution in [3.05, 3.63) is 35.4 Å². The summed E-state index contributed by atoms with van der Waals surface area (Å²) in [6.45, 7) is 1.45. The zero-order valence-corrected chi connectivity index (χ0v) is 6.55. The Labute approximate surface area is 69.0 Å². The normalized spacial score (nSPS) is 12.6. The average Bonchev–Trinajstić information content (AvgIpc) is 2.03. The molecule has 0 aliphatic heterocycles. The van der Waals surface area contributed by atoms with Gasteiger partial charge in [-0.25, -0.2) is 8.78 Å². The lowest BCUT2D eigenvalue weighted by molar-refractivity contribution is -0.108. The summed E-state index contributed by atoms with van der Waals surface area (Å²) in [4.78, 5) is 10.3. The molecule has 0 spiro atoms. The Morgan fingerprint density at radius 3 is 2.25 bits per heavy atom. The Morgan fingerprint density at radius 2 is 1.83 bits per heavy atom. The first kappa shape index (κ1) is 8.84. The predicted octanol–water partition coefficient (Wildman–Crippen LogP) is 2.27. The fourth-order valence-corrected chi connectivity index (χ4v) is 1.01. The van der Waals surface area contributed by atoms with Crippen molar-refractivity contribution in [2.75, 3.05) is 0 Å². The summed E-state index contributed by atoms with van der Waals surface area (Å²) >= 11 is 0. The van der Waals surface area contributed by atoms with Crippen molar-refractivity contribution < 1.29 is 13.6 Å². The Hall–Kier alpha value is -1.25. The van der Waals surface area contributed by atoms with E-state index in [2.05, 4.69) is 0 Å². The van der Waals surface area contributed by atoms with Gasteiger partial charge in [0.1, 0.15) is 17.9 Å². The molecule has 0 amide bonds. The Bertz CT molecular complexity index is 276. The highest BCUT2D eigenvalue weighted by Gasteiger charge is 2.14. The van der Waals surface area contributed by atoms with Gasteiger partial charge in [-0.1, -0.05) is 13.0 Å². The van der Waals surface area contributed by atoms with Crippen LogP contribution in [0.2, 0.25) is 0 Å². The number of carbonyl (C=O) groups excluding carboxylic acids is 1. The highest BCUT2D eigenvalue weighted by Crippen LogP contribution is 2.19. The third kappa shape index (κ3) is 1.49. The molecule has 0 saturated heterocycles. The minimum Gasteiger partial charge on any atom is -0.303 e. The van der Waals surface area contributed by atoms with Gasteiger partial charge in [-0.05, 0) is 12.1 Å². The fraction of sp³-hybridized carbons (Fsp3) is 0.222. The van der Waals surface area contributed by atoms with Gasteiger partial charge in [-0.3, -0.25) is 0 Å². The number of carbonyl (C=O) groups is 1. The molecule has 0 aliphatic rings. The van der Waals surface area contributed by atoms with Crippen molar-refractivity contribution in [2.45, 2.75) is 12.8 Å². The second-order valence-corrected chi connectivity index (χ2v) is 2.56. The van der Waals surface area contributed by atoms with E-state index in [0.29, 0.717) is 6.29 Å². The van der Waals surface area contributed by atoms with E-state index in [1.54, 1.807) is 0 Å². The summed E-state index contributed by atoms with van der Waals surface area (Å²) in [6.07, 6.45) is 0.515. The standard InChI is InChI=1S/C9H8F2O/c1-6(5-12)9-7(10)3-2-4-8(9)11/h2-6H,1H3/t6-/m0/s1. The van der Waals surface area contributed by atoms with Crippen LogP contribution < -0.4 is 0 Å². The van der Waals surface area contributed by atoms with Gasteiger partial charge in [0.15, 0.2) is 0 Å². The molecule has 1 atom stereocenters. The molecule has 64 valence electrons. The minimum absolute atomic E-state index is 0.160. The molecule has 0 N–H and O–H groups in total. The third-order valence-electron chi connectivity index (χ3n) is 1.66. The zero-order chi connectivity index (χ0) is 9.14. The van der Waals surface area contributed by atoms with Gasteiger partial charge in [0.2, 0.25) is 0 Å². The van der Waals surface area contributed by atoms with Crippen LogP contribution in [0, 0.1) is 11.6 Å². The number of hydrogen-bond acceptors (Lipinski definition) is 1. The summed E-state index contributed by atoms with van der Waals surface area (Å²) in [5, 5.41) is 0. The van der Waals surface area contributed by atoms with E-state index in [4.69, 9.17) is 0 Å².